The molecule has 1 atom stereocenters. The fraction of sp³-hybridized carbons (Fsp3) is 0.333. The maximum absolute atomic E-state index is 12.9. The summed E-state index contributed by atoms with van der Waals surface area (Å²) in [5.74, 6) is 0.443. The molecule has 2 aliphatic heterocycles. The molecule has 134 valence electrons. The topological polar surface area (TPSA) is 78.4 Å². The highest BCUT2D eigenvalue weighted by molar-refractivity contribution is 6.30. The van der Waals surface area contributed by atoms with E-state index in [9.17, 15) is 9.59 Å². The summed E-state index contributed by atoms with van der Waals surface area (Å²) in [6.45, 7) is 3.34. The molecule has 1 unspecified atom stereocenters. The Morgan fingerprint density at radius 1 is 1.27 bits per heavy atom. The van der Waals surface area contributed by atoms with Gasteiger partial charge in [-0.05, 0) is 30.2 Å². The number of benzene rings is 1. The van der Waals surface area contributed by atoms with Gasteiger partial charge in [0.15, 0.2) is 5.82 Å². The number of carbonyl (C=O) groups is 2. The maximum atomic E-state index is 12.9. The molecule has 7 nitrogen and oxygen atoms in total. The standard InChI is InChI=1S/C18H18ClN5O2/c1-12(25)23-7-4-18(10-23)11-24(15-3-2-13(19)8-14(15)18)17(26)22-16-9-20-5-6-21-16/h2-3,5-6,8-9H,4,7,10-11H2,1H3,(H,21,22,26). The van der Waals surface area contributed by atoms with Crippen LogP contribution in [0.3, 0.4) is 0 Å². The van der Waals surface area contributed by atoms with E-state index >= 15 is 0 Å². The summed E-state index contributed by atoms with van der Waals surface area (Å²) in [7, 11) is 0. The number of rotatable bonds is 1. The van der Waals surface area contributed by atoms with E-state index in [4.69, 9.17) is 11.6 Å². The van der Waals surface area contributed by atoms with Gasteiger partial charge in [-0.3, -0.25) is 20.0 Å². The van der Waals surface area contributed by atoms with Crippen molar-refractivity contribution in [3.8, 4) is 0 Å². The molecule has 2 aromatic rings. The number of nitrogens with one attached hydrogen (secondary N) is 1. The molecule has 4 rings (SSSR count). The van der Waals surface area contributed by atoms with Crippen LogP contribution in [0.15, 0.2) is 36.8 Å². The first-order valence-corrected chi connectivity index (χ1v) is 8.76. The molecule has 0 radical (unpaired) electrons. The average molecular weight is 372 g/mol. The van der Waals surface area contributed by atoms with E-state index in [1.807, 2.05) is 17.0 Å². The maximum Gasteiger partial charge on any atom is 0.327 e. The summed E-state index contributed by atoms with van der Waals surface area (Å²) < 4.78 is 0. The van der Waals surface area contributed by atoms with E-state index < -0.39 is 0 Å². The van der Waals surface area contributed by atoms with Crippen molar-refractivity contribution in [3.63, 3.8) is 0 Å². The number of halogens is 1. The predicted octanol–water partition coefficient (Wildman–Crippen LogP) is 2.67. The van der Waals surface area contributed by atoms with E-state index in [-0.39, 0.29) is 17.4 Å². The lowest BCUT2D eigenvalue weighted by atomic mass is 9.81. The van der Waals surface area contributed by atoms with Crippen molar-refractivity contribution < 1.29 is 9.59 Å². The summed E-state index contributed by atoms with van der Waals surface area (Å²) in [6, 6.07) is 5.28. The summed E-state index contributed by atoms with van der Waals surface area (Å²) in [5, 5.41) is 3.41. The van der Waals surface area contributed by atoms with Gasteiger partial charge in [-0.25, -0.2) is 9.78 Å². The van der Waals surface area contributed by atoms with Crippen LogP contribution in [-0.4, -0.2) is 46.4 Å². The minimum absolute atomic E-state index is 0.0490. The number of nitrogens with zero attached hydrogens (tertiary/aromatic N) is 4. The van der Waals surface area contributed by atoms with Crippen molar-refractivity contribution in [2.45, 2.75) is 18.8 Å². The Morgan fingerprint density at radius 3 is 2.81 bits per heavy atom. The Balaban J connectivity index is 1.66. The van der Waals surface area contributed by atoms with E-state index in [0.29, 0.717) is 30.5 Å². The summed E-state index contributed by atoms with van der Waals surface area (Å²) in [4.78, 5) is 36.2. The average Bonchev–Trinajstić information content (AvgIpc) is 3.19. The third-order valence-corrected chi connectivity index (χ3v) is 5.36. The Kier molecular flexibility index (Phi) is 4.03. The van der Waals surface area contributed by atoms with Gasteiger partial charge in [-0.15, -0.1) is 0 Å². The Morgan fingerprint density at radius 2 is 2.12 bits per heavy atom. The van der Waals surface area contributed by atoms with Gasteiger partial charge in [-0.1, -0.05) is 11.6 Å². The Labute approximate surface area is 156 Å². The second kappa shape index (κ2) is 6.25. The molecule has 1 spiro atoms. The molecule has 8 heteroatoms. The Hall–Kier alpha value is -2.67. The molecule has 0 bridgehead atoms. The van der Waals surface area contributed by atoms with E-state index in [2.05, 4.69) is 15.3 Å². The van der Waals surface area contributed by atoms with Crippen LogP contribution < -0.4 is 10.2 Å². The first-order valence-electron chi connectivity index (χ1n) is 8.39. The zero-order chi connectivity index (χ0) is 18.3. The number of likely N-dealkylation sites (tertiary alicyclic amines) is 1. The number of hydrogen-bond donors (Lipinski definition) is 1. The van der Waals surface area contributed by atoms with Crippen LogP contribution in [0.1, 0.15) is 18.9 Å². The minimum Gasteiger partial charge on any atom is -0.342 e. The molecule has 1 aromatic heterocycles. The molecule has 0 saturated carbocycles. The zero-order valence-electron chi connectivity index (χ0n) is 14.3. The van der Waals surface area contributed by atoms with Crippen LogP contribution in [0.2, 0.25) is 5.02 Å². The van der Waals surface area contributed by atoms with Crippen LogP contribution in [-0.2, 0) is 10.2 Å². The third-order valence-electron chi connectivity index (χ3n) is 5.12. The van der Waals surface area contributed by atoms with E-state index in [1.54, 1.807) is 24.1 Å². The van der Waals surface area contributed by atoms with Gasteiger partial charge in [-0.2, -0.15) is 0 Å². The molecule has 3 amide bonds. The molecule has 0 aliphatic carbocycles. The Bertz CT molecular complexity index is 875. The van der Waals surface area contributed by atoms with Crippen molar-refractivity contribution >= 4 is 35.0 Å². The lowest BCUT2D eigenvalue weighted by Gasteiger charge is -2.25. The van der Waals surface area contributed by atoms with Gasteiger partial charge in [0.05, 0.1) is 6.20 Å². The molecule has 3 heterocycles. The first kappa shape index (κ1) is 16.8. The lowest BCUT2D eigenvalue weighted by Crippen LogP contribution is -2.41. The summed E-state index contributed by atoms with van der Waals surface area (Å²) in [6.07, 6.45) is 5.37. The minimum atomic E-state index is -0.286. The predicted molar refractivity (Wildman–Crippen MR) is 98.4 cm³/mol. The van der Waals surface area contributed by atoms with Gasteiger partial charge in [0.2, 0.25) is 5.91 Å². The van der Waals surface area contributed by atoms with Crippen molar-refractivity contribution in [2.24, 2.45) is 0 Å². The molecule has 2 aliphatic rings. The highest BCUT2D eigenvalue weighted by Gasteiger charge is 2.49. The molecular weight excluding hydrogens is 354 g/mol. The van der Waals surface area contributed by atoms with Gasteiger partial charge < -0.3 is 4.90 Å². The van der Waals surface area contributed by atoms with Gasteiger partial charge >= 0.3 is 6.03 Å². The number of hydrogen-bond acceptors (Lipinski definition) is 4. The van der Waals surface area contributed by atoms with Crippen molar-refractivity contribution in [1.82, 2.24) is 14.9 Å². The van der Waals surface area contributed by atoms with E-state index in [1.165, 1.54) is 12.4 Å². The second-order valence-corrected chi connectivity index (χ2v) is 7.18. The molecule has 1 aromatic carbocycles. The van der Waals surface area contributed by atoms with Crippen molar-refractivity contribution in [3.05, 3.63) is 47.4 Å². The number of fused-ring (bicyclic) bond motifs is 2. The number of carbonyl (C=O) groups excluding carboxylic acids is 2. The summed E-state index contributed by atoms with van der Waals surface area (Å²) in [5.41, 5.74) is 1.55. The highest BCUT2D eigenvalue weighted by atomic mass is 35.5. The largest absolute Gasteiger partial charge is 0.342 e. The highest BCUT2D eigenvalue weighted by Crippen LogP contribution is 2.47. The molecule has 1 N–H and O–H groups in total. The molecular formula is C18H18ClN5O2. The molecule has 1 fully saturated rings. The number of aromatic nitrogens is 2. The fourth-order valence-corrected chi connectivity index (χ4v) is 4.03. The van der Waals surface area contributed by atoms with Crippen molar-refractivity contribution in [2.75, 3.05) is 29.9 Å². The number of amides is 3. The van der Waals surface area contributed by atoms with Gasteiger partial charge in [0.1, 0.15) is 0 Å². The number of urea groups is 1. The first-order chi connectivity index (χ1) is 12.5. The second-order valence-electron chi connectivity index (χ2n) is 6.74. The fourth-order valence-electron chi connectivity index (χ4n) is 3.85. The number of anilines is 2. The summed E-state index contributed by atoms with van der Waals surface area (Å²) >= 11 is 6.22. The van der Waals surface area contributed by atoms with Crippen LogP contribution >= 0.6 is 11.6 Å². The lowest BCUT2D eigenvalue weighted by molar-refractivity contribution is -0.127. The molecule has 26 heavy (non-hydrogen) atoms. The van der Waals surface area contributed by atoms with Gasteiger partial charge in [0.25, 0.3) is 0 Å². The third kappa shape index (κ3) is 2.78. The van der Waals surface area contributed by atoms with Gasteiger partial charge in [0, 0.05) is 55.1 Å². The monoisotopic (exact) mass is 371 g/mol. The zero-order valence-corrected chi connectivity index (χ0v) is 15.0. The van der Waals surface area contributed by atoms with Crippen LogP contribution in [0.5, 0.6) is 0 Å². The quantitative estimate of drug-likeness (QED) is 0.835. The molecule has 1 saturated heterocycles. The van der Waals surface area contributed by atoms with Crippen molar-refractivity contribution in [1.29, 1.82) is 0 Å². The smallest absolute Gasteiger partial charge is 0.327 e. The SMILES string of the molecule is CC(=O)N1CCC2(C1)CN(C(=O)Nc1cnccn1)c1ccc(Cl)cc12. The van der Waals surface area contributed by atoms with Crippen LogP contribution in [0, 0.1) is 0 Å². The van der Waals surface area contributed by atoms with Crippen LogP contribution in [0.25, 0.3) is 0 Å². The van der Waals surface area contributed by atoms with E-state index in [0.717, 1.165) is 17.7 Å². The normalized spacial score (nSPS) is 21.2. The van der Waals surface area contributed by atoms with Crippen LogP contribution in [0.4, 0.5) is 16.3 Å².